The molecule has 1 aliphatic carbocycles. The van der Waals surface area contributed by atoms with Crippen molar-refractivity contribution < 1.29 is 0 Å². The third-order valence-electron chi connectivity index (χ3n) is 4.11. The summed E-state index contributed by atoms with van der Waals surface area (Å²) < 4.78 is 0. The third-order valence-corrected chi connectivity index (χ3v) is 4.11. The van der Waals surface area contributed by atoms with Crippen LogP contribution in [-0.2, 0) is 0 Å². The molecule has 1 rings (SSSR count). The highest BCUT2D eigenvalue weighted by Crippen LogP contribution is 2.21. The molecule has 18 heavy (non-hydrogen) atoms. The van der Waals surface area contributed by atoms with Crippen LogP contribution >= 0.6 is 34.0 Å². The SMILES string of the molecule is Br.Br.CN(C)C1CCCCC(N(C)C)CCCC1. The molecular formula is C14H32Br2N2. The largest absolute Gasteiger partial charge is 0.306 e. The first-order valence-corrected chi connectivity index (χ1v) is 6.94. The zero-order chi connectivity index (χ0) is 12.0. The molecule has 4 heteroatoms. The predicted molar refractivity (Wildman–Crippen MR) is 92.5 cm³/mol. The molecule has 0 N–H and O–H groups in total. The minimum Gasteiger partial charge on any atom is -0.306 e. The van der Waals surface area contributed by atoms with Crippen LogP contribution in [-0.4, -0.2) is 50.1 Å². The molecule has 0 aromatic rings. The standard InChI is InChI=1S/C14H30N2.2BrH/c1-15(2)13-9-5-7-11-14(16(3)4)12-8-6-10-13;;/h13-14H,5-12H2,1-4H3;2*1H. The Morgan fingerprint density at radius 1 is 0.556 bits per heavy atom. The van der Waals surface area contributed by atoms with Crippen molar-refractivity contribution in [2.45, 2.75) is 63.5 Å². The molecule has 112 valence electrons. The number of nitrogens with zero attached hydrogens (tertiary/aromatic N) is 2. The first-order chi connectivity index (χ1) is 7.61. The van der Waals surface area contributed by atoms with E-state index in [1.54, 1.807) is 0 Å². The average Bonchev–Trinajstić information content (AvgIpc) is 2.24. The Morgan fingerprint density at radius 2 is 0.778 bits per heavy atom. The Balaban J connectivity index is 0. The lowest BCUT2D eigenvalue weighted by Gasteiger charge is -2.29. The van der Waals surface area contributed by atoms with Crippen molar-refractivity contribution >= 4 is 34.0 Å². The molecule has 0 aromatic carbocycles. The lowest BCUT2D eigenvalue weighted by Crippen LogP contribution is -2.30. The summed E-state index contributed by atoms with van der Waals surface area (Å²) in [5, 5.41) is 0. The van der Waals surface area contributed by atoms with Crippen molar-refractivity contribution in [1.29, 1.82) is 0 Å². The average molecular weight is 388 g/mol. The molecule has 0 aromatic heterocycles. The molecule has 0 aliphatic heterocycles. The van der Waals surface area contributed by atoms with Crippen LogP contribution in [0.1, 0.15) is 51.4 Å². The van der Waals surface area contributed by atoms with Gasteiger partial charge in [0.2, 0.25) is 0 Å². The fourth-order valence-electron chi connectivity index (χ4n) is 2.84. The monoisotopic (exact) mass is 386 g/mol. The lowest BCUT2D eigenvalue weighted by molar-refractivity contribution is 0.215. The van der Waals surface area contributed by atoms with Gasteiger partial charge in [0.15, 0.2) is 0 Å². The molecule has 0 spiro atoms. The number of rotatable bonds is 2. The van der Waals surface area contributed by atoms with Crippen LogP contribution in [0.15, 0.2) is 0 Å². The van der Waals surface area contributed by atoms with Gasteiger partial charge in [-0.05, 0) is 53.9 Å². The van der Waals surface area contributed by atoms with Gasteiger partial charge >= 0.3 is 0 Å². The summed E-state index contributed by atoms with van der Waals surface area (Å²) in [5.74, 6) is 0. The van der Waals surface area contributed by atoms with Gasteiger partial charge in [0.25, 0.3) is 0 Å². The molecule has 0 bridgehead atoms. The summed E-state index contributed by atoms with van der Waals surface area (Å²) in [6, 6.07) is 1.66. The zero-order valence-corrected chi connectivity index (χ0v) is 15.9. The van der Waals surface area contributed by atoms with Crippen LogP contribution in [0.5, 0.6) is 0 Å². The number of hydrogen-bond acceptors (Lipinski definition) is 2. The van der Waals surface area contributed by atoms with E-state index in [0.717, 1.165) is 12.1 Å². The van der Waals surface area contributed by atoms with E-state index in [1.165, 1.54) is 51.4 Å². The van der Waals surface area contributed by atoms with E-state index in [4.69, 9.17) is 0 Å². The number of halogens is 2. The van der Waals surface area contributed by atoms with Crippen LogP contribution in [0.4, 0.5) is 0 Å². The second-order valence-corrected chi connectivity index (χ2v) is 5.80. The Hall–Kier alpha value is 0.880. The van der Waals surface area contributed by atoms with Gasteiger partial charge in [-0.15, -0.1) is 34.0 Å². The molecule has 0 heterocycles. The van der Waals surface area contributed by atoms with Gasteiger partial charge in [0.1, 0.15) is 0 Å². The third kappa shape index (κ3) is 8.13. The molecule has 0 radical (unpaired) electrons. The van der Waals surface area contributed by atoms with Gasteiger partial charge in [0, 0.05) is 12.1 Å². The second-order valence-electron chi connectivity index (χ2n) is 5.80. The summed E-state index contributed by atoms with van der Waals surface area (Å²) in [6.45, 7) is 0. The molecule has 1 saturated carbocycles. The van der Waals surface area contributed by atoms with Crippen LogP contribution in [0.25, 0.3) is 0 Å². The Kier molecular flexibility index (Phi) is 13.8. The zero-order valence-electron chi connectivity index (χ0n) is 12.5. The van der Waals surface area contributed by atoms with Crippen molar-refractivity contribution in [3.05, 3.63) is 0 Å². The fraction of sp³-hybridized carbons (Fsp3) is 1.00. The Morgan fingerprint density at radius 3 is 0.944 bits per heavy atom. The summed E-state index contributed by atoms with van der Waals surface area (Å²) >= 11 is 0. The normalized spacial score (nSPS) is 26.3. The maximum atomic E-state index is 2.42. The maximum absolute atomic E-state index is 2.42. The van der Waals surface area contributed by atoms with E-state index >= 15 is 0 Å². The fourth-order valence-corrected chi connectivity index (χ4v) is 2.84. The summed E-state index contributed by atoms with van der Waals surface area (Å²) in [5.41, 5.74) is 0. The molecule has 2 nitrogen and oxygen atoms in total. The Bertz CT molecular complexity index is 155. The van der Waals surface area contributed by atoms with E-state index in [0.29, 0.717) is 0 Å². The van der Waals surface area contributed by atoms with Gasteiger partial charge < -0.3 is 9.80 Å². The van der Waals surface area contributed by atoms with E-state index in [-0.39, 0.29) is 34.0 Å². The van der Waals surface area contributed by atoms with Gasteiger partial charge in [-0.25, -0.2) is 0 Å². The van der Waals surface area contributed by atoms with Crippen molar-refractivity contribution in [2.75, 3.05) is 28.2 Å². The first kappa shape index (κ1) is 21.2. The van der Waals surface area contributed by atoms with Crippen molar-refractivity contribution in [1.82, 2.24) is 9.80 Å². The lowest BCUT2D eigenvalue weighted by atomic mass is 9.94. The van der Waals surface area contributed by atoms with Gasteiger partial charge in [0.05, 0.1) is 0 Å². The van der Waals surface area contributed by atoms with Gasteiger partial charge in [-0.3, -0.25) is 0 Å². The molecule has 0 atom stereocenters. The molecule has 1 fully saturated rings. The smallest absolute Gasteiger partial charge is 0.00891 e. The van der Waals surface area contributed by atoms with Gasteiger partial charge in [-0.2, -0.15) is 0 Å². The first-order valence-electron chi connectivity index (χ1n) is 6.94. The second kappa shape index (κ2) is 11.7. The molecule has 1 aliphatic rings. The minimum absolute atomic E-state index is 0. The Labute approximate surface area is 135 Å². The van der Waals surface area contributed by atoms with Crippen LogP contribution < -0.4 is 0 Å². The highest BCUT2D eigenvalue weighted by molar-refractivity contribution is 8.93. The van der Waals surface area contributed by atoms with Crippen molar-refractivity contribution in [3.8, 4) is 0 Å². The topological polar surface area (TPSA) is 6.48 Å². The molecule has 0 amide bonds. The van der Waals surface area contributed by atoms with E-state index < -0.39 is 0 Å². The van der Waals surface area contributed by atoms with Crippen LogP contribution in [0.3, 0.4) is 0 Å². The minimum atomic E-state index is 0. The molecule has 0 unspecified atom stereocenters. The van der Waals surface area contributed by atoms with Crippen LogP contribution in [0, 0.1) is 0 Å². The van der Waals surface area contributed by atoms with Crippen molar-refractivity contribution in [2.24, 2.45) is 0 Å². The van der Waals surface area contributed by atoms with E-state index in [9.17, 15) is 0 Å². The highest BCUT2D eigenvalue weighted by Gasteiger charge is 2.16. The van der Waals surface area contributed by atoms with Gasteiger partial charge in [-0.1, -0.05) is 25.7 Å². The summed E-state index contributed by atoms with van der Waals surface area (Å²) in [6.07, 6.45) is 11.2. The summed E-state index contributed by atoms with van der Waals surface area (Å²) in [4.78, 5) is 4.84. The quantitative estimate of drug-likeness (QED) is 0.702. The van der Waals surface area contributed by atoms with Crippen molar-refractivity contribution in [3.63, 3.8) is 0 Å². The molecule has 0 saturated heterocycles. The maximum Gasteiger partial charge on any atom is 0.00891 e. The highest BCUT2D eigenvalue weighted by atomic mass is 79.9. The molecular weight excluding hydrogens is 356 g/mol. The number of hydrogen-bond donors (Lipinski definition) is 0. The summed E-state index contributed by atoms with van der Waals surface area (Å²) in [7, 11) is 8.94. The van der Waals surface area contributed by atoms with Crippen LogP contribution in [0.2, 0.25) is 0 Å². The van der Waals surface area contributed by atoms with E-state index in [1.807, 2.05) is 0 Å². The predicted octanol–water partition coefficient (Wildman–Crippen LogP) is 4.14. The van der Waals surface area contributed by atoms with E-state index in [2.05, 4.69) is 38.0 Å².